The van der Waals surface area contributed by atoms with Crippen molar-refractivity contribution in [2.45, 2.75) is 12.5 Å². The molecule has 0 aromatic heterocycles. The molecule has 1 amide bonds. The number of rotatable bonds is 2. The van der Waals surface area contributed by atoms with Crippen LogP contribution in [0.5, 0.6) is 0 Å². The van der Waals surface area contributed by atoms with Crippen molar-refractivity contribution in [1.82, 2.24) is 10.2 Å². The van der Waals surface area contributed by atoms with Crippen LogP contribution in [0, 0.1) is 0 Å². The fourth-order valence-corrected chi connectivity index (χ4v) is 2.85. The predicted molar refractivity (Wildman–Crippen MR) is 72.5 cm³/mol. The number of nitrogens with one attached hydrogen (secondary N) is 1. The van der Waals surface area contributed by atoms with Crippen LogP contribution < -0.4 is 5.32 Å². The zero-order chi connectivity index (χ0) is 12.4. The van der Waals surface area contributed by atoms with Crippen molar-refractivity contribution in [3.63, 3.8) is 0 Å². The monoisotopic (exact) mass is 316 g/mol. The molecular formula is C12H14BrClN2O. The lowest BCUT2D eigenvalue weighted by Gasteiger charge is -2.13. The van der Waals surface area contributed by atoms with Crippen molar-refractivity contribution in [2.75, 3.05) is 20.1 Å². The molecule has 1 aliphatic heterocycles. The van der Waals surface area contributed by atoms with Crippen LogP contribution in [-0.4, -0.2) is 37.0 Å². The summed E-state index contributed by atoms with van der Waals surface area (Å²) < 4.78 is 0.730. The summed E-state index contributed by atoms with van der Waals surface area (Å²) in [6, 6.07) is 5.44. The number of hydrogen-bond donors (Lipinski definition) is 1. The highest BCUT2D eigenvalue weighted by Crippen LogP contribution is 2.21. The van der Waals surface area contributed by atoms with Crippen LogP contribution in [0.2, 0.25) is 5.02 Å². The maximum Gasteiger partial charge on any atom is 0.252 e. The normalized spacial score (nSPS) is 20.5. The highest BCUT2D eigenvalue weighted by Gasteiger charge is 2.22. The third-order valence-electron chi connectivity index (χ3n) is 2.90. The second-order valence-corrected chi connectivity index (χ2v) is 5.64. The minimum Gasteiger partial charge on any atom is -0.348 e. The quantitative estimate of drug-likeness (QED) is 0.909. The van der Waals surface area contributed by atoms with E-state index in [0.29, 0.717) is 10.6 Å². The molecule has 2 rings (SSSR count). The van der Waals surface area contributed by atoms with Gasteiger partial charge < -0.3 is 10.2 Å². The molecule has 3 nitrogen and oxygen atoms in total. The van der Waals surface area contributed by atoms with Crippen molar-refractivity contribution in [3.05, 3.63) is 33.3 Å². The average Bonchev–Trinajstić information content (AvgIpc) is 2.63. The average molecular weight is 318 g/mol. The summed E-state index contributed by atoms with van der Waals surface area (Å²) in [4.78, 5) is 14.2. The third kappa shape index (κ3) is 3.21. The first-order valence-corrected chi connectivity index (χ1v) is 6.68. The van der Waals surface area contributed by atoms with E-state index in [1.54, 1.807) is 18.2 Å². The van der Waals surface area contributed by atoms with Gasteiger partial charge in [0.1, 0.15) is 0 Å². The van der Waals surface area contributed by atoms with E-state index in [2.05, 4.69) is 33.2 Å². The molecule has 1 aromatic rings. The van der Waals surface area contributed by atoms with E-state index in [4.69, 9.17) is 11.6 Å². The van der Waals surface area contributed by atoms with E-state index in [9.17, 15) is 4.79 Å². The van der Waals surface area contributed by atoms with Gasteiger partial charge in [-0.25, -0.2) is 0 Å². The number of nitrogens with zero attached hydrogens (tertiary/aromatic N) is 1. The Morgan fingerprint density at radius 1 is 1.59 bits per heavy atom. The molecule has 0 radical (unpaired) electrons. The Balaban J connectivity index is 2.04. The maximum absolute atomic E-state index is 12.0. The highest BCUT2D eigenvalue weighted by molar-refractivity contribution is 9.10. The minimum atomic E-state index is -0.0474. The summed E-state index contributed by atoms with van der Waals surface area (Å²) in [7, 11) is 2.06. The Hall–Kier alpha value is -0.580. The molecule has 1 unspecified atom stereocenters. The Morgan fingerprint density at radius 3 is 2.94 bits per heavy atom. The van der Waals surface area contributed by atoms with E-state index >= 15 is 0 Å². The summed E-state index contributed by atoms with van der Waals surface area (Å²) in [6.45, 7) is 1.95. The van der Waals surface area contributed by atoms with Crippen LogP contribution in [0.1, 0.15) is 16.8 Å². The fraction of sp³-hybridized carbons (Fsp3) is 0.417. The number of likely N-dealkylation sites (tertiary alicyclic amines) is 1. The molecule has 5 heteroatoms. The van der Waals surface area contributed by atoms with Gasteiger partial charge in [-0.15, -0.1) is 0 Å². The van der Waals surface area contributed by atoms with Crippen molar-refractivity contribution in [1.29, 1.82) is 0 Å². The van der Waals surface area contributed by atoms with Gasteiger partial charge in [0.15, 0.2) is 0 Å². The van der Waals surface area contributed by atoms with Crippen molar-refractivity contribution in [2.24, 2.45) is 0 Å². The summed E-state index contributed by atoms with van der Waals surface area (Å²) in [5.74, 6) is -0.0474. The third-order valence-corrected chi connectivity index (χ3v) is 3.79. The number of carbonyl (C=O) groups is 1. The topological polar surface area (TPSA) is 32.3 Å². The Morgan fingerprint density at radius 2 is 2.35 bits per heavy atom. The van der Waals surface area contributed by atoms with Gasteiger partial charge in [-0.2, -0.15) is 0 Å². The van der Waals surface area contributed by atoms with Gasteiger partial charge in [0, 0.05) is 22.1 Å². The lowest BCUT2D eigenvalue weighted by atomic mass is 10.2. The number of carbonyl (C=O) groups excluding carboxylic acids is 1. The van der Waals surface area contributed by atoms with Crippen LogP contribution in [0.25, 0.3) is 0 Å². The van der Waals surface area contributed by atoms with Crippen LogP contribution >= 0.6 is 27.5 Å². The van der Waals surface area contributed by atoms with Gasteiger partial charge in [0.05, 0.1) is 5.56 Å². The number of amides is 1. The van der Waals surface area contributed by atoms with Gasteiger partial charge in [0.2, 0.25) is 0 Å². The standard InChI is InChI=1S/C12H14BrClN2O/c1-16-5-4-9(7-16)15-12(17)10-3-2-8(14)6-11(10)13/h2-3,6,9H,4-5,7H2,1H3,(H,15,17). The van der Waals surface area contributed by atoms with E-state index in [1.807, 2.05) is 0 Å². The summed E-state index contributed by atoms with van der Waals surface area (Å²) >= 11 is 9.20. The second-order valence-electron chi connectivity index (χ2n) is 4.35. The molecule has 1 heterocycles. The smallest absolute Gasteiger partial charge is 0.252 e. The van der Waals surface area contributed by atoms with Crippen LogP contribution in [0.3, 0.4) is 0 Å². The maximum atomic E-state index is 12.0. The van der Waals surface area contributed by atoms with Crippen molar-refractivity contribution in [3.8, 4) is 0 Å². The van der Waals surface area contributed by atoms with Gasteiger partial charge in [-0.3, -0.25) is 4.79 Å². The van der Waals surface area contributed by atoms with Gasteiger partial charge in [-0.05, 0) is 54.1 Å². The molecule has 1 aliphatic rings. The SMILES string of the molecule is CN1CCC(NC(=O)c2ccc(Cl)cc2Br)C1. The second kappa shape index (κ2) is 5.38. The Labute approximate surface area is 114 Å². The molecule has 0 bridgehead atoms. The van der Waals surface area contributed by atoms with E-state index in [0.717, 1.165) is 24.0 Å². The molecule has 1 fully saturated rings. The summed E-state index contributed by atoms with van der Waals surface area (Å²) in [5, 5.41) is 3.65. The Kier molecular flexibility index (Phi) is 4.07. The molecule has 17 heavy (non-hydrogen) atoms. The van der Waals surface area contributed by atoms with E-state index in [-0.39, 0.29) is 11.9 Å². The largest absolute Gasteiger partial charge is 0.348 e. The lowest BCUT2D eigenvalue weighted by molar-refractivity contribution is 0.0937. The molecular weight excluding hydrogens is 304 g/mol. The minimum absolute atomic E-state index is 0.0474. The van der Waals surface area contributed by atoms with Crippen LogP contribution in [0.4, 0.5) is 0 Å². The van der Waals surface area contributed by atoms with Gasteiger partial charge in [0.25, 0.3) is 5.91 Å². The van der Waals surface area contributed by atoms with Gasteiger partial charge >= 0.3 is 0 Å². The van der Waals surface area contributed by atoms with Crippen LogP contribution in [-0.2, 0) is 0 Å². The number of benzene rings is 1. The Bertz CT molecular complexity index is 439. The summed E-state index contributed by atoms with van der Waals surface area (Å²) in [6.07, 6.45) is 1.01. The van der Waals surface area contributed by atoms with Crippen molar-refractivity contribution >= 4 is 33.4 Å². The molecule has 92 valence electrons. The first-order valence-electron chi connectivity index (χ1n) is 5.50. The van der Waals surface area contributed by atoms with Crippen LogP contribution in [0.15, 0.2) is 22.7 Å². The molecule has 1 saturated heterocycles. The number of hydrogen-bond acceptors (Lipinski definition) is 2. The predicted octanol–water partition coefficient (Wildman–Crippen LogP) is 2.54. The lowest BCUT2D eigenvalue weighted by Crippen LogP contribution is -2.36. The zero-order valence-electron chi connectivity index (χ0n) is 9.54. The first kappa shape index (κ1) is 12.9. The number of likely N-dealkylation sites (N-methyl/N-ethyl adjacent to an activating group) is 1. The van der Waals surface area contributed by atoms with Gasteiger partial charge in [-0.1, -0.05) is 11.6 Å². The number of halogens is 2. The molecule has 0 saturated carbocycles. The molecule has 0 spiro atoms. The molecule has 0 aliphatic carbocycles. The molecule has 1 N–H and O–H groups in total. The van der Waals surface area contributed by atoms with E-state index in [1.165, 1.54) is 0 Å². The molecule has 1 aromatic carbocycles. The van der Waals surface area contributed by atoms with E-state index < -0.39 is 0 Å². The summed E-state index contributed by atoms with van der Waals surface area (Å²) in [5.41, 5.74) is 0.629. The fourth-order valence-electron chi connectivity index (χ4n) is 1.99. The first-order chi connectivity index (χ1) is 8.06. The zero-order valence-corrected chi connectivity index (χ0v) is 11.9. The molecule has 1 atom stereocenters. The van der Waals surface area contributed by atoms with Crippen molar-refractivity contribution < 1.29 is 4.79 Å². The highest BCUT2D eigenvalue weighted by atomic mass is 79.9.